The fraction of sp³-hybridized carbons (Fsp3) is 0.136. The van der Waals surface area contributed by atoms with Crippen molar-refractivity contribution >= 4 is 23.9 Å². The monoisotopic (exact) mass is 410 g/mol. The van der Waals surface area contributed by atoms with Gasteiger partial charge >= 0.3 is 6.03 Å². The van der Waals surface area contributed by atoms with E-state index in [0.29, 0.717) is 34.6 Å². The summed E-state index contributed by atoms with van der Waals surface area (Å²) in [4.78, 5) is 35.2. The highest BCUT2D eigenvalue weighted by atomic mass is 19.1. The lowest BCUT2D eigenvalue weighted by atomic mass is 10.0. The van der Waals surface area contributed by atoms with Crippen LogP contribution in [0.2, 0.25) is 0 Å². The van der Waals surface area contributed by atoms with Crippen LogP contribution < -0.4 is 20.1 Å². The average Bonchev–Trinajstić information content (AvgIpc) is 2.69. The maximum atomic E-state index is 13.4. The molecular weight excluding hydrogens is 391 g/mol. The number of barbiturate groups is 1. The Labute approximate surface area is 172 Å². The first-order valence-corrected chi connectivity index (χ1v) is 8.98. The Kier molecular flexibility index (Phi) is 6.26. The van der Waals surface area contributed by atoms with Crippen molar-refractivity contribution in [3.8, 4) is 11.5 Å². The molecule has 0 unspecified atom stereocenters. The molecule has 3 rings (SSSR count). The van der Waals surface area contributed by atoms with Crippen molar-refractivity contribution in [2.24, 2.45) is 0 Å². The van der Waals surface area contributed by atoms with Crippen molar-refractivity contribution in [1.29, 1.82) is 0 Å². The summed E-state index contributed by atoms with van der Waals surface area (Å²) in [5.41, 5.74) is 1.62. The van der Waals surface area contributed by atoms with E-state index in [4.69, 9.17) is 9.47 Å². The van der Waals surface area contributed by atoms with Gasteiger partial charge in [-0.05, 0) is 47.9 Å². The van der Waals surface area contributed by atoms with Crippen molar-refractivity contribution < 1.29 is 28.2 Å². The lowest BCUT2D eigenvalue weighted by Gasteiger charge is -2.17. The second-order valence-corrected chi connectivity index (χ2v) is 6.42. The van der Waals surface area contributed by atoms with Gasteiger partial charge in [-0.3, -0.25) is 20.2 Å². The van der Waals surface area contributed by atoms with E-state index in [1.54, 1.807) is 30.3 Å². The van der Waals surface area contributed by atoms with Crippen LogP contribution in [-0.4, -0.2) is 25.0 Å². The third-order valence-electron chi connectivity index (χ3n) is 4.26. The molecule has 1 aliphatic rings. The Morgan fingerprint density at radius 3 is 2.47 bits per heavy atom. The number of rotatable bonds is 7. The van der Waals surface area contributed by atoms with E-state index < -0.39 is 17.8 Å². The first-order valence-electron chi connectivity index (χ1n) is 8.98. The number of nitrogens with one attached hydrogen (secondary N) is 2. The number of methoxy groups -OCH3 is 1. The molecule has 0 aromatic heterocycles. The molecule has 0 atom stereocenters. The third kappa shape index (κ3) is 4.72. The molecule has 2 N–H and O–H groups in total. The lowest BCUT2D eigenvalue weighted by Crippen LogP contribution is -2.51. The number of amides is 4. The molecule has 1 aliphatic heterocycles. The first kappa shape index (κ1) is 20.8. The predicted molar refractivity (Wildman–Crippen MR) is 107 cm³/mol. The fourth-order valence-corrected chi connectivity index (χ4v) is 2.94. The van der Waals surface area contributed by atoms with Crippen molar-refractivity contribution in [2.45, 2.75) is 13.0 Å². The number of benzene rings is 2. The Morgan fingerprint density at radius 2 is 1.83 bits per heavy atom. The Bertz CT molecular complexity index is 1040. The highest BCUT2D eigenvalue weighted by Gasteiger charge is 2.28. The van der Waals surface area contributed by atoms with Gasteiger partial charge in [-0.15, -0.1) is 6.58 Å². The van der Waals surface area contributed by atoms with Gasteiger partial charge in [0, 0.05) is 5.56 Å². The highest BCUT2D eigenvalue weighted by molar-refractivity contribution is 6.31. The van der Waals surface area contributed by atoms with Crippen LogP contribution in [0.3, 0.4) is 0 Å². The van der Waals surface area contributed by atoms with E-state index in [0.717, 1.165) is 0 Å². The van der Waals surface area contributed by atoms with Crippen LogP contribution in [0.5, 0.6) is 11.5 Å². The second kappa shape index (κ2) is 9.04. The number of urea groups is 1. The molecule has 154 valence electrons. The van der Waals surface area contributed by atoms with Crippen molar-refractivity contribution in [3.63, 3.8) is 0 Å². The van der Waals surface area contributed by atoms with Crippen LogP contribution in [0, 0.1) is 5.82 Å². The quantitative estimate of drug-likeness (QED) is 0.416. The number of hydrogen-bond donors (Lipinski definition) is 2. The number of hydrogen-bond acceptors (Lipinski definition) is 5. The molecule has 1 heterocycles. The number of imide groups is 2. The van der Waals surface area contributed by atoms with Gasteiger partial charge < -0.3 is 9.47 Å². The van der Waals surface area contributed by atoms with Gasteiger partial charge in [-0.1, -0.05) is 18.2 Å². The van der Waals surface area contributed by atoms with Crippen LogP contribution in [0.15, 0.2) is 54.6 Å². The number of halogens is 1. The van der Waals surface area contributed by atoms with Crippen LogP contribution in [0.4, 0.5) is 9.18 Å². The van der Waals surface area contributed by atoms with E-state index in [1.807, 2.05) is 10.6 Å². The molecule has 2 aromatic carbocycles. The number of carbonyl (C=O) groups excluding carboxylic acids is 3. The molecule has 1 saturated heterocycles. The molecule has 7 nitrogen and oxygen atoms in total. The predicted octanol–water partition coefficient (Wildman–Crippen LogP) is 2.89. The molecule has 0 bridgehead atoms. The van der Waals surface area contributed by atoms with Crippen LogP contribution >= 0.6 is 0 Å². The molecular formula is C22H19FN2O5. The molecule has 0 spiro atoms. The SMILES string of the molecule is C=CCc1cc(C=C2C(=O)NC(=O)NC2=O)cc(OC)c1OCc1cccc(F)c1. The maximum Gasteiger partial charge on any atom is 0.328 e. The highest BCUT2D eigenvalue weighted by Crippen LogP contribution is 2.35. The number of ether oxygens (including phenoxy) is 2. The van der Waals surface area contributed by atoms with Crippen molar-refractivity contribution in [3.05, 3.63) is 77.1 Å². The van der Waals surface area contributed by atoms with E-state index >= 15 is 0 Å². The summed E-state index contributed by atoms with van der Waals surface area (Å²) in [5, 5.41) is 4.04. The largest absolute Gasteiger partial charge is 0.493 e. The zero-order chi connectivity index (χ0) is 21.7. The summed E-state index contributed by atoms with van der Waals surface area (Å²) in [6.07, 6.45) is 3.44. The van der Waals surface area contributed by atoms with Crippen molar-refractivity contribution in [2.75, 3.05) is 7.11 Å². The van der Waals surface area contributed by atoms with Crippen LogP contribution in [-0.2, 0) is 22.6 Å². The van der Waals surface area contributed by atoms with E-state index in [1.165, 1.54) is 25.3 Å². The van der Waals surface area contributed by atoms with Gasteiger partial charge in [0.2, 0.25) is 0 Å². The summed E-state index contributed by atoms with van der Waals surface area (Å²) in [5.74, 6) is -1.14. The zero-order valence-corrected chi connectivity index (χ0v) is 16.2. The summed E-state index contributed by atoms with van der Waals surface area (Å²) < 4.78 is 24.7. The molecule has 0 saturated carbocycles. The summed E-state index contributed by atoms with van der Waals surface area (Å²) in [6.45, 7) is 3.85. The number of carbonyl (C=O) groups is 3. The van der Waals surface area contributed by atoms with E-state index in [9.17, 15) is 18.8 Å². The van der Waals surface area contributed by atoms with Gasteiger partial charge in [0.05, 0.1) is 7.11 Å². The molecule has 8 heteroatoms. The molecule has 0 aliphatic carbocycles. The fourth-order valence-electron chi connectivity index (χ4n) is 2.94. The Morgan fingerprint density at radius 1 is 1.10 bits per heavy atom. The first-order chi connectivity index (χ1) is 14.4. The molecule has 30 heavy (non-hydrogen) atoms. The average molecular weight is 410 g/mol. The standard InChI is InChI=1S/C22H19FN2O5/c1-3-5-15-8-14(10-17-20(26)24-22(28)25-21(17)27)11-18(29-2)19(15)30-12-13-6-4-7-16(23)9-13/h3-4,6-11H,1,5,12H2,2H3,(H2,24,25,26,27,28). The van der Waals surface area contributed by atoms with Gasteiger partial charge in [0.1, 0.15) is 18.0 Å². The lowest BCUT2D eigenvalue weighted by molar-refractivity contribution is -0.123. The molecule has 1 fully saturated rings. The molecule has 2 aromatic rings. The summed E-state index contributed by atoms with van der Waals surface area (Å²) in [6, 6.07) is 8.50. The maximum absolute atomic E-state index is 13.4. The normalized spacial score (nSPS) is 13.4. The van der Waals surface area contributed by atoms with Crippen LogP contribution in [0.1, 0.15) is 16.7 Å². The van der Waals surface area contributed by atoms with E-state index in [-0.39, 0.29) is 18.0 Å². The Hall–Kier alpha value is -3.94. The molecule has 4 amide bonds. The summed E-state index contributed by atoms with van der Waals surface area (Å²) in [7, 11) is 1.46. The minimum absolute atomic E-state index is 0.117. The van der Waals surface area contributed by atoms with Crippen molar-refractivity contribution in [1.82, 2.24) is 10.6 Å². The van der Waals surface area contributed by atoms with E-state index in [2.05, 4.69) is 6.58 Å². The van der Waals surface area contributed by atoms with Crippen LogP contribution in [0.25, 0.3) is 6.08 Å². The topological polar surface area (TPSA) is 93.7 Å². The summed E-state index contributed by atoms with van der Waals surface area (Å²) >= 11 is 0. The third-order valence-corrected chi connectivity index (χ3v) is 4.26. The van der Waals surface area contributed by atoms with Gasteiger partial charge in [-0.25, -0.2) is 9.18 Å². The zero-order valence-electron chi connectivity index (χ0n) is 16.2. The van der Waals surface area contributed by atoms with Gasteiger partial charge in [0.25, 0.3) is 11.8 Å². The second-order valence-electron chi connectivity index (χ2n) is 6.42. The smallest absolute Gasteiger partial charge is 0.328 e. The Balaban J connectivity index is 1.95. The minimum atomic E-state index is -0.867. The number of allylic oxidation sites excluding steroid dienone is 1. The minimum Gasteiger partial charge on any atom is -0.493 e. The van der Waals surface area contributed by atoms with Gasteiger partial charge in [0.15, 0.2) is 11.5 Å². The molecule has 0 radical (unpaired) electrons. The van der Waals surface area contributed by atoms with Gasteiger partial charge in [-0.2, -0.15) is 0 Å².